The SMILES string of the molecule is CC.CC1CCC(C#CC(=O)OC2CCC(C#N)CC2)CC1.CF. The Labute approximate surface area is 147 Å². The van der Waals surface area contributed by atoms with Crippen LogP contribution in [-0.2, 0) is 9.53 Å². The quantitative estimate of drug-likeness (QED) is 0.382. The van der Waals surface area contributed by atoms with E-state index in [1.54, 1.807) is 0 Å². The fourth-order valence-corrected chi connectivity index (χ4v) is 3.06. The van der Waals surface area contributed by atoms with Crippen LogP contribution < -0.4 is 0 Å². The Kier molecular flexibility index (Phi) is 13.0. The molecule has 0 bridgehead atoms. The molecule has 24 heavy (non-hydrogen) atoms. The lowest BCUT2D eigenvalue weighted by Crippen LogP contribution is -2.23. The minimum atomic E-state index is -0.385. The highest BCUT2D eigenvalue weighted by Crippen LogP contribution is 2.28. The van der Waals surface area contributed by atoms with Crippen molar-refractivity contribution in [1.82, 2.24) is 0 Å². The summed E-state index contributed by atoms with van der Waals surface area (Å²) < 4.78 is 14.9. The lowest BCUT2D eigenvalue weighted by atomic mass is 9.83. The summed E-state index contributed by atoms with van der Waals surface area (Å²) in [5.74, 6) is 6.66. The minimum Gasteiger partial charge on any atom is -0.453 e. The fraction of sp³-hybridized carbons (Fsp3) is 0.800. The maximum Gasteiger partial charge on any atom is 0.384 e. The topological polar surface area (TPSA) is 50.1 Å². The van der Waals surface area contributed by atoms with Crippen LogP contribution >= 0.6 is 0 Å². The summed E-state index contributed by atoms with van der Waals surface area (Å²) >= 11 is 0. The van der Waals surface area contributed by atoms with Gasteiger partial charge in [0.15, 0.2) is 0 Å². The number of rotatable bonds is 1. The van der Waals surface area contributed by atoms with Gasteiger partial charge in [-0.05, 0) is 57.3 Å². The molecular formula is C20H32FNO2. The summed E-state index contributed by atoms with van der Waals surface area (Å²) in [7, 11) is 0.500. The van der Waals surface area contributed by atoms with Gasteiger partial charge in [-0.2, -0.15) is 5.26 Å². The number of hydrogen-bond donors (Lipinski definition) is 0. The molecule has 2 saturated carbocycles. The molecule has 2 fully saturated rings. The van der Waals surface area contributed by atoms with E-state index in [0.29, 0.717) is 13.1 Å². The van der Waals surface area contributed by atoms with E-state index in [1.807, 2.05) is 13.8 Å². The zero-order chi connectivity index (χ0) is 18.4. The molecule has 0 aromatic rings. The normalized spacial score (nSPS) is 28.3. The van der Waals surface area contributed by atoms with Gasteiger partial charge in [0.25, 0.3) is 0 Å². The number of esters is 1. The number of nitriles is 1. The van der Waals surface area contributed by atoms with Gasteiger partial charge in [0.1, 0.15) is 6.10 Å². The Morgan fingerprint density at radius 1 is 0.958 bits per heavy atom. The van der Waals surface area contributed by atoms with Crippen molar-refractivity contribution in [3.63, 3.8) is 0 Å². The molecule has 0 amide bonds. The Bertz CT molecular complexity index is 431. The van der Waals surface area contributed by atoms with E-state index in [9.17, 15) is 9.18 Å². The Balaban J connectivity index is 0.00000123. The summed E-state index contributed by atoms with van der Waals surface area (Å²) in [6.45, 7) is 6.27. The molecule has 0 aromatic carbocycles. The molecule has 0 unspecified atom stereocenters. The molecule has 2 rings (SSSR count). The van der Waals surface area contributed by atoms with Gasteiger partial charge >= 0.3 is 5.97 Å². The van der Waals surface area contributed by atoms with Crippen LogP contribution in [0, 0.1) is 40.9 Å². The van der Waals surface area contributed by atoms with Crippen molar-refractivity contribution >= 4 is 5.97 Å². The smallest absolute Gasteiger partial charge is 0.384 e. The molecule has 0 spiro atoms. The number of hydrogen-bond acceptors (Lipinski definition) is 3. The molecule has 2 aliphatic carbocycles. The maximum absolute atomic E-state index is 11.7. The van der Waals surface area contributed by atoms with Crippen molar-refractivity contribution in [1.29, 1.82) is 5.26 Å². The van der Waals surface area contributed by atoms with Crippen LogP contribution in [-0.4, -0.2) is 19.3 Å². The van der Waals surface area contributed by atoms with Gasteiger partial charge in [-0.3, -0.25) is 4.39 Å². The van der Waals surface area contributed by atoms with E-state index < -0.39 is 0 Å². The molecular weight excluding hydrogens is 305 g/mol. The second-order valence-electron chi connectivity index (χ2n) is 6.23. The number of carbonyl (C=O) groups is 1. The number of ether oxygens (including phenoxy) is 1. The molecule has 3 nitrogen and oxygen atoms in total. The van der Waals surface area contributed by atoms with Crippen LogP contribution in [0.2, 0.25) is 0 Å². The highest BCUT2D eigenvalue weighted by Gasteiger charge is 2.23. The molecule has 0 atom stereocenters. The van der Waals surface area contributed by atoms with E-state index in [-0.39, 0.29) is 18.0 Å². The molecule has 2 aliphatic rings. The van der Waals surface area contributed by atoms with Gasteiger partial charge < -0.3 is 4.74 Å². The lowest BCUT2D eigenvalue weighted by molar-refractivity contribution is -0.143. The second-order valence-corrected chi connectivity index (χ2v) is 6.23. The highest BCUT2D eigenvalue weighted by molar-refractivity contribution is 5.88. The minimum absolute atomic E-state index is 0.0345. The van der Waals surface area contributed by atoms with E-state index >= 15 is 0 Å². The monoisotopic (exact) mass is 337 g/mol. The Morgan fingerprint density at radius 3 is 1.96 bits per heavy atom. The first-order valence-electron chi connectivity index (χ1n) is 9.17. The molecule has 0 aromatic heterocycles. The second kappa shape index (κ2) is 13.8. The summed E-state index contributed by atoms with van der Waals surface area (Å²) in [5, 5.41) is 8.83. The lowest BCUT2D eigenvalue weighted by Gasteiger charge is -2.24. The maximum atomic E-state index is 11.7. The molecule has 0 N–H and O–H groups in total. The number of carbonyl (C=O) groups excluding carboxylic acids is 1. The van der Waals surface area contributed by atoms with E-state index in [1.165, 1.54) is 12.8 Å². The molecule has 136 valence electrons. The summed E-state index contributed by atoms with van der Waals surface area (Å²) in [6, 6.07) is 2.28. The predicted molar refractivity (Wildman–Crippen MR) is 94.7 cm³/mol. The summed E-state index contributed by atoms with van der Waals surface area (Å²) in [6.07, 6.45) is 7.87. The fourth-order valence-electron chi connectivity index (χ4n) is 3.06. The largest absolute Gasteiger partial charge is 0.453 e. The summed E-state index contributed by atoms with van der Waals surface area (Å²) in [5.41, 5.74) is 0. The third-order valence-electron chi connectivity index (χ3n) is 4.52. The third-order valence-corrected chi connectivity index (χ3v) is 4.52. The van der Waals surface area contributed by atoms with Crippen molar-refractivity contribution in [2.45, 2.75) is 78.2 Å². The van der Waals surface area contributed by atoms with E-state index in [0.717, 1.165) is 44.4 Å². The van der Waals surface area contributed by atoms with Crippen molar-refractivity contribution in [3.05, 3.63) is 0 Å². The number of halogens is 1. The van der Waals surface area contributed by atoms with Gasteiger partial charge in [-0.25, -0.2) is 4.79 Å². The van der Waals surface area contributed by atoms with Crippen LogP contribution in [0.4, 0.5) is 4.39 Å². The molecule has 0 saturated heterocycles. The van der Waals surface area contributed by atoms with Crippen molar-refractivity contribution in [2.75, 3.05) is 7.18 Å². The van der Waals surface area contributed by atoms with Gasteiger partial charge in [0.2, 0.25) is 0 Å². The van der Waals surface area contributed by atoms with E-state index in [4.69, 9.17) is 10.00 Å². The summed E-state index contributed by atoms with van der Waals surface area (Å²) in [4.78, 5) is 11.7. The van der Waals surface area contributed by atoms with Crippen LogP contribution in [0.25, 0.3) is 0 Å². The van der Waals surface area contributed by atoms with Crippen molar-refractivity contribution < 1.29 is 13.9 Å². The Morgan fingerprint density at radius 2 is 1.46 bits per heavy atom. The first-order chi connectivity index (χ1) is 11.7. The standard InChI is InChI=1S/C17H23NO2.C2H6.CH3F/c1-13-2-4-14(5-3-13)8-11-17(19)20-16-9-6-15(12-18)7-10-16;2*1-2/h13-16H,2-7,9-10H2,1H3;1-2H3;1H3. The molecule has 0 heterocycles. The zero-order valence-corrected chi connectivity index (χ0v) is 15.6. The predicted octanol–water partition coefficient (Wildman–Crippen LogP) is 5.05. The molecule has 0 radical (unpaired) electrons. The van der Waals surface area contributed by atoms with Gasteiger partial charge in [0.05, 0.1) is 13.2 Å². The number of nitrogens with zero attached hydrogens (tertiary/aromatic N) is 1. The van der Waals surface area contributed by atoms with Crippen LogP contribution in [0.15, 0.2) is 0 Å². The van der Waals surface area contributed by atoms with E-state index in [2.05, 4.69) is 24.8 Å². The van der Waals surface area contributed by atoms with Gasteiger partial charge in [0, 0.05) is 17.8 Å². The van der Waals surface area contributed by atoms with Crippen molar-refractivity contribution in [3.8, 4) is 17.9 Å². The van der Waals surface area contributed by atoms with Crippen LogP contribution in [0.1, 0.15) is 72.1 Å². The third kappa shape index (κ3) is 8.92. The first-order valence-corrected chi connectivity index (χ1v) is 9.17. The average molecular weight is 337 g/mol. The molecule has 0 aliphatic heterocycles. The molecule has 4 heteroatoms. The zero-order valence-electron chi connectivity index (χ0n) is 15.6. The van der Waals surface area contributed by atoms with Crippen molar-refractivity contribution in [2.24, 2.45) is 17.8 Å². The average Bonchev–Trinajstić information content (AvgIpc) is 2.65. The first kappa shape index (κ1) is 22.4. The number of alkyl halides is 1. The van der Waals surface area contributed by atoms with Crippen LogP contribution in [0.3, 0.4) is 0 Å². The van der Waals surface area contributed by atoms with Gasteiger partial charge in [-0.1, -0.05) is 26.7 Å². The van der Waals surface area contributed by atoms with Crippen LogP contribution in [0.5, 0.6) is 0 Å². The highest BCUT2D eigenvalue weighted by atomic mass is 19.1. The Hall–Kier alpha value is -1.55. The van der Waals surface area contributed by atoms with Gasteiger partial charge in [-0.15, -0.1) is 0 Å².